The van der Waals surface area contributed by atoms with E-state index in [-0.39, 0.29) is 10.8 Å². The van der Waals surface area contributed by atoms with Crippen LogP contribution in [0.25, 0.3) is 71.6 Å². The standard InChI is InChI=1S/C63H46N2/c1-62(2)55-24-14-12-22-50(55)51-34-32-48(40-58(51)62)64(46-30-26-42(27-31-46)41-16-6-4-7-17-41)47-33-37-60-54(39-47)53-38-44(29-36-59(53)65(60)45-19-8-5-9-20-45)63(3)56-25-15-13-23-52(56)61-49-21-11-10-18-43(49)28-35-57(61)63/h4-40H,1-3H3. The van der Waals surface area contributed by atoms with Crippen molar-refractivity contribution in [3.05, 3.63) is 252 Å². The van der Waals surface area contributed by atoms with Crippen LogP contribution < -0.4 is 4.90 Å². The van der Waals surface area contributed by atoms with E-state index in [0.717, 1.165) is 22.7 Å². The third-order valence-electron chi connectivity index (χ3n) is 14.9. The van der Waals surface area contributed by atoms with E-state index in [0.29, 0.717) is 0 Å². The van der Waals surface area contributed by atoms with Gasteiger partial charge in [-0.25, -0.2) is 0 Å². The quantitative estimate of drug-likeness (QED) is 0.162. The number of fused-ring (bicyclic) bond motifs is 11. The molecule has 0 radical (unpaired) electrons. The number of para-hydroxylation sites is 1. The van der Waals surface area contributed by atoms with Crippen molar-refractivity contribution in [3.63, 3.8) is 0 Å². The molecular formula is C63H46N2. The van der Waals surface area contributed by atoms with E-state index in [4.69, 9.17) is 0 Å². The second-order valence-corrected chi connectivity index (χ2v) is 18.6. The van der Waals surface area contributed by atoms with Gasteiger partial charge >= 0.3 is 0 Å². The third kappa shape index (κ3) is 5.47. The summed E-state index contributed by atoms with van der Waals surface area (Å²) < 4.78 is 2.44. The molecule has 0 fully saturated rings. The van der Waals surface area contributed by atoms with Gasteiger partial charge in [-0.05, 0) is 146 Å². The molecule has 2 aliphatic carbocycles. The van der Waals surface area contributed by atoms with Gasteiger partial charge in [0.05, 0.1) is 11.0 Å². The van der Waals surface area contributed by atoms with Crippen molar-refractivity contribution in [2.75, 3.05) is 4.90 Å². The number of hydrogen-bond donors (Lipinski definition) is 0. The average molecular weight is 831 g/mol. The molecule has 0 saturated carbocycles. The Morgan fingerprint density at radius 1 is 0.369 bits per heavy atom. The predicted molar refractivity (Wildman–Crippen MR) is 273 cm³/mol. The molecule has 0 spiro atoms. The fourth-order valence-electron chi connectivity index (χ4n) is 11.6. The summed E-state index contributed by atoms with van der Waals surface area (Å²) in [5, 5.41) is 5.04. The summed E-state index contributed by atoms with van der Waals surface area (Å²) in [4.78, 5) is 2.46. The van der Waals surface area contributed by atoms with E-state index in [1.165, 1.54) is 93.8 Å². The predicted octanol–water partition coefficient (Wildman–Crippen LogP) is 16.7. The summed E-state index contributed by atoms with van der Waals surface area (Å²) in [6.45, 7) is 7.17. The Balaban J connectivity index is 1.04. The lowest BCUT2D eigenvalue weighted by Crippen LogP contribution is -2.22. The van der Waals surface area contributed by atoms with Crippen molar-refractivity contribution in [2.45, 2.75) is 31.6 Å². The van der Waals surface area contributed by atoms with E-state index in [2.05, 4.69) is 255 Å². The fraction of sp³-hybridized carbons (Fsp3) is 0.0794. The van der Waals surface area contributed by atoms with Crippen molar-refractivity contribution >= 4 is 49.6 Å². The van der Waals surface area contributed by atoms with Crippen molar-refractivity contribution in [2.24, 2.45) is 0 Å². The van der Waals surface area contributed by atoms with E-state index in [1.807, 2.05) is 0 Å². The first kappa shape index (κ1) is 37.6. The molecular weight excluding hydrogens is 785 g/mol. The zero-order valence-corrected chi connectivity index (χ0v) is 36.8. The Labute approximate surface area is 380 Å². The molecule has 0 bridgehead atoms. The summed E-state index contributed by atoms with van der Waals surface area (Å²) in [5.74, 6) is 0. The molecule has 0 aliphatic heterocycles. The maximum atomic E-state index is 2.50. The van der Waals surface area contributed by atoms with Gasteiger partial charge in [-0.2, -0.15) is 0 Å². The summed E-state index contributed by atoms with van der Waals surface area (Å²) in [6, 6.07) is 83.5. The van der Waals surface area contributed by atoms with Crippen molar-refractivity contribution in [1.82, 2.24) is 4.57 Å². The molecule has 0 saturated heterocycles. The molecule has 13 rings (SSSR count). The van der Waals surface area contributed by atoms with Crippen molar-refractivity contribution in [3.8, 4) is 39.1 Å². The Bertz CT molecular complexity index is 3690. The largest absolute Gasteiger partial charge is 0.310 e. The number of hydrogen-bond acceptors (Lipinski definition) is 1. The van der Waals surface area contributed by atoms with Crippen LogP contribution in [-0.2, 0) is 10.8 Å². The number of anilines is 3. The van der Waals surface area contributed by atoms with Crippen LogP contribution in [0.1, 0.15) is 48.6 Å². The minimum atomic E-state index is -0.357. The maximum absolute atomic E-state index is 2.50. The summed E-state index contributed by atoms with van der Waals surface area (Å²) in [7, 11) is 0. The van der Waals surface area contributed by atoms with Gasteiger partial charge in [-0.3, -0.25) is 0 Å². The SMILES string of the molecule is CC1(C)c2ccccc2-c2ccc(N(c3ccc(-c4ccccc4)cc3)c3ccc4c(c3)c3cc(C5(C)c6ccccc6-c6c5ccc5ccccc65)ccc3n4-c3ccccc3)cc21. The van der Waals surface area contributed by atoms with Gasteiger partial charge in [0.2, 0.25) is 0 Å². The van der Waals surface area contributed by atoms with E-state index >= 15 is 0 Å². The molecule has 10 aromatic carbocycles. The molecule has 11 aromatic rings. The van der Waals surface area contributed by atoms with Crippen LogP contribution in [0.3, 0.4) is 0 Å². The lowest BCUT2D eigenvalue weighted by molar-refractivity contribution is 0.660. The number of aromatic nitrogens is 1. The van der Waals surface area contributed by atoms with E-state index in [1.54, 1.807) is 0 Å². The highest BCUT2D eigenvalue weighted by Gasteiger charge is 2.42. The zero-order valence-electron chi connectivity index (χ0n) is 36.8. The van der Waals surface area contributed by atoms with Gasteiger partial charge in [0.15, 0.2) is 0 Å². The van der Waals surface area contributed by atoms with Crippen LogP contribution in [0, 0.1) is 0 Å². The summed E-state index contributed by atoms with van der Waals surface area (Å²) >= 11 is 0. The molecule has 65 heavy (non-hydrogen) atoms. The first-order valence-electron chi connectivity index (χ1n) is 22.8. The molecule has 1 atom stereocenters. The zero-order chi connectivity index (χ0) is 43.4. The first-order chi connectivity index (χ1) is 31.9. The number of benzene rings is 10. The van der Waals surface area contributed by atoms with Crippen molar-refractivity contribution in [1.29, 1.82) is 0 Å². The Kier molecular flexibility index (Phi) is 8.12. The van der Waals surface area contributed by atoms with Gasteiger partial charge in [0, 0.05) is 44.4 Å². The van der Waals surface area contributed by atoms with Crippen LogP contribution in [0.5, 0.6) is 0 Å². The molecule has 1 unspecified atom stereocenters. The summed E-state index contributed by atoms with van der Waals surface area (Å²) in [6.07, 6.45) is 0. The van der Waals surface area contributed by atoms with Gasteiger partial charge in [-0.15, -0.1) is 0 Å². The average Bonchev–Trinajstić information content (AvgIpc) is 3.92. The Hall–Kier alpha value is -7.94. The summed E-state index contributed by atoms with van der Waals surface area (Å²) in [5.41, 5.74) is 20.9. The van der Waals surface area contributed by atoms with E-state index < -0.39 is 0 Å². The van der Waals surface area contributed by atoms with Gasteiger partial charge < -0.3 is 9.47 Å². The number of rotatable bonds is 6. The minimum absolute atomic E-state index is 0.131. The molecule has 2 nitrogen and oxygen atoms in total. The van der Waals surface area contributed by atoms with Crippen molar-refractivity contribution < 1.29 is 0 Å². The fourth-order valence-corrected chi connectivity index (χ4v) is 11.6. The molecule has 0 N–H and O–H groups in total. The highest BCUT2D eigenvalue weighted by atomic mass is 15.1. The van der Waals surface area contributed by atoms with Crippen LogP contribution in [0.2, 0.25) is 0 Å². The second kappa shape index (κ2) is 14.0. The normalized spacial score (nSPS) is 15.5. The van der Waals surface area contributed by atoms with Crippen LogP contribution >= 0.6 is 0 Å². The number of nitrogens with zero attached hydrogens (tertiary/aromatic N) is 2. The molecule has 0 amide bonds. The lowest BCUT2D eigenvalue weighted by Gasteiger charge is -2.29. The van der Waals surface area contributed by atoms with Gasteiger partial charge in [0.25, 0.3) is 0 Å². The van der Waals surface area contributed by atoms with Crippen LogP contribution in [0.4, 0.5) is 17.1 Å². The topological polar surface area (TPSA) is 8.17 Å². The molecule has 308 valence electrons. The van der Waals surface area contributed by atoms with Gasteiger partial charge in [-0.1, -0.05) is 172 Å². The molecule has 2 aliphatic rings. The highest BCUT2D eigenvalue weighted by Crippen LogP contribution is 2.56. The van der Waals surface area contributed by atoms with Crippen LogP contribution in [-0.4, -0.2) is 4.57 Å². The van der Waals surface area contributed by atoms with Crippen LogP contribution in [0.15, 0.2) is 224 Å². The Morgan fingerprint density at radius 3 is 1.75 bits per heavy atom. The maximum Gasteiger partial charge on any atom is 0.0542 e. The molecule has 1 heterocycles. The highest BCUT2D eigenvalue weighted by molar-refractivity contribution is 6.11. The first-order valence-corrected chi connectivity index (χ1v) is 22.8. The smallest absolute Gasteiger partial charge is 0.0542 e. The van der Waals surface area contributed by atoms with Gasteiger partial charge in [0.1, 0.15) is 0 Å². The second-order valence-electron chi connectivity index (χ2n) is 18.6. The monoisotopic (exact) mass is 830 g/mol. The molecule has 1 aromatic heterocycles. The third-order valence-corrected chi connectivity index (χ3v) is 14.9. The Morgan fingerprint density at radius 2 is 0.954 bits per heavy atom. The minimum Gasteiger partial charge on any atom is -0.310 e. The lowest BCUT2D eigenvalue weighted by atomic mass is 9.74. The van der Waals surface area contributed by atoms with E-state index in [9.17, 15) is 0 Å². The molecule has 2 heteroatoms.